The molecule has 2 aromatic carbocycles. The first-order valence-electron chi connectivity index (χ1n) is 12.1. The number of amides is 1. The number of benzene rings is 2. The number of likely N-dealkylation sites (N-methyl/N-ethyl adjacent to an activating group) is 1. The second kappa shape index (κ2) is 11.0. The van der Waals surface area contributed by atoms with Gasteiger partial charge in [-0.05, 0) is 66.2 Å². The molecule has 4 rings (SSSR count). The fraction of sp³-hybridized carbons (Fsp3) is 0.357. The summed E-state index contributed by atoms with van der Waals surface area (Å²) in [6, 6.07) is 18.9. The SMILES string of the molecule is C/C(=C(/C#N)C(=O)NCC(O)CO)c1ccc(-c2ccc3cc(N4CCN(C)CC4)ccc3c2)n1C. The predicted molar refractivity (Wildman–Crippen MR) is 142 cm³/mol. The molecule has 3 N–H and O–H groups in total. The van der Waals surface area contributed by atoms with E-state index in [1.165, 1.54) is 11.1 Å². The van der Waals surface area contributed by atoms with Crippen LogP contribution in [-0.2, 0) is 11.8 Å². The Morgan fingerprint density at radius 3 is 2.44 bits per heavy atom. The third kappa shape index (κ3) is 5.29. The molecule has 0 bridgehead atoms. The Bertz CT molecular complexity index is 1330. The summed E-state index contributed by atoms with van der Waals surface area (Å²) in [4.78, 5) is 17.3. The number of nitriles is 1. The van der Waals surface area contributed by atoms with Crippen LogP contribution in [0.1, 0.15) is 12.6 Å². The van der Waals surface area contributed by atoms with Gasteiger partial charge in [0.1, 0.15) is 11.6 Å². The number of aromatic nitrogens is 1. The summed E-state index contributed by atoms with van der Waals surface area (Å²) in [5.41, 5.74) is 4.54. The van der Waals surface area contributed by atoms with Crippen LogP contribution in [0.15, 0.2) is 54.1 Å². The van der Waals surface area contributed by atoms with Gasteiger partial charge in [-0.2, -0.15) is 5.26 Å². The lowest BCUT2D eigenvalue weighted by atomic mass is 10.0. The Morgan fingerprint density at radius 1 is 1.06 bits per heavy atom. The van der Waals surface area contributed by atoms with Crippen molar-refractivity contribution in [3.8, 4) is 17.3 Å². The van der Waals surface area contributed by atoms with Crippen LogP contribution in [0.5, 0.6) is 0 Å². The number of carbonyl (C=O) groups excluding carboxylic acids is 1. The molecule has 1 atom stereocenters. The van der Waals surface area contributed by atoms with E-state index in [2.05, 4.69) is 58.6 Å². The van der Waals surface area contributed by atoms with Crippen molar-refractivity contribution in [1.82, 2.24) is 14.8 Å². The average Bonchev–Trinajstić information content (AvgIpc) is 3.28. The van der Waals surface area contributed by atoms with Gasteiger partial charge in [0.25, 0.3) is 5.91 Å². The van der Waals surface area contributed by atoms with Crippen LogP contribution in [-0.4, -0.2) is 78.1 Å². The first-order valence-corrected chi connectivity index (χ1v) is 12.1. The molecule has 1 fully saturated rings. The van der Waals surface area contributed by atoms with Gasteiger partial charge in [0, 0.05) is 56.8 Å². The van der Waals surface area contributed by atoms with Crippen LogP contribution < -0.4 is 10.2 Å². The minimum atomic E-state index is -1.07. The second-order valence-electron chi connectivity index (χ2n) is 9.36. The van der Waals surface area contributed by atoms with Crippen LogP contribution in [0.4, 0.5) is 5.69 Å². The minimum Gasteiger partial charge on any atom is -0.394 e. The normalized spacial score (nSPS) is 15.9. The largest absolute Gasteiger partial charge is 0.394 e. The average molecular weight is 488 g/mol. The van der Waals surface area contributed by atoms with E-state index in [-0.39, 0.29) is 12.1 Å². The Morgan fingerprint density at radius 2 is 1.75 bits per heavy atom. The van der Waals surface area contributed by atoms with Crippen molar-refractivity contribution in [2.24, 2.45) is 7.05 Å². The van der Waals surface area contributed by atoms with E-state index in [1.807, 2.05) is 29.8 Å². The number of nitrogens with one attached hydrogen (secondary N) is 1. The van der Waals surface area contributed by atoms with Crippen molar-refractivity contribution in [2.45, 2.75) is 13.0 Å². The molecule has 0 saturated carbocycles. The third-order valence-electron chi connectivity index (χ3n) is 6.92. The maximum absolute atomic E-state index is 12.5. The number of allylic oxidation sites excluding steroid dienone is 1. The number of carbonyl (C=O) groups is 1. The Hall–Kier alpha value is -3.64. The summed E-state index contributed by atoms with van der Waals surface area (Å²) in [7, 11) is 4.07. The molecule has 8 heteroatoms. The molecule has 2 heterocycles. The standard InChI is InChI=1S/C28H33N5O3/c1-19(25(16-29)28(36)30-17-24(35)18-34)26-8-9-27(32(26)3)22-5-4-21-15-23(7-6-20(21)14-22)33-12-10-31(2)11-13-33/h4-9,14-15,24,34-35H,10-13,17-18H2,1-3H3,(H,30,36)/b25-19+. The van der Waals surface area contributed by atoms with E-state index in [0.717, 1.165) is 48.5 Å². The number of nitrogens with zero attached hydrogens (tertiary/aromatic N) is 4. The fourth-order valence-corrected chi connectivity index (χ4v) is 4.63. The van der Waals surface area contributed by atoms with Gasteiger partial charge in [0.15, 0.2) is 0 Å². The summed E-state index contributed by atoms with van der Waals surface area (Å²) >= 11 is 0. The van der Waals surface area contributed by atoms with E-state index in [4.69, 9.17) is 5.11 Å². The molecule has 8 nitrogen and oxygen atoms in total. The van der Waals surface area contributed by atoms with Crippen molar-refractivity contribution in [2.75, 3.05) is 51.3 Å². The fourth-order valence-electron chi connectivity index (χ4n) is 4.63. The smallest absolute Gasteiger partial charge is 0.262 e. The third-order valence-corrected chi connectivity index (χ3v) is 6.92. The highest BCUT2D eigenvalue weighted by Gasteiger charge is 2.18. The van der Waals surface area contributed by atoms with Gasteiger partial charge in [0.2, 0.25) is 0 Å². The number of hydrogen-bond acceptors (Lipinski definition) is 6. The van der Waals surface area contributed by atoms with E-state index >= 15 is 0 Å². The van der Waals surface area contributed by atoms with Crippen molar-refractivity contribution < 1.29 is 15.0 Å². The zero-order valence-corrected chi connectivity index (χ0v) is 21.0. The Balaban J connectivity index is 1.59. The molecular formula is C28H33N5O3. The number of fused-ring (bicyclic) bond motifs is 1. The zero-order chi connectivity index (χ0) is 25.8. The molecular weight excluding hydrogens is 454 g/mol. The molecule has 0 radical (unpaired) electrons. The molecule has 1 unspecified atom stereocenters. The van der Waals surface area contributed by atoms with Gasteiger partial charge in [-0.15, -0.1) is 0 Å². The quantitative estimate of drug-likeness (QED) is 0.349. The van der Waals surface area contributed by atoms with Gasteiger partial charge in [0.05, 0.1) is 12.7 Å². The topological polar surface area (TPSA) is 105 Å². The van der Waals surface area contributed by atoms with Crippen molar-refractivity contribution in [1.29, 1.82) is 5.26 Å². The lowest BCUT2D eigenvalue weighted by Gasteiger charge is -2.34. The monoisotopic (exact) mass is 487 g/mol. The summed E-state index contributed by atoms with van der Waals surface area (Å²) in [6.07, 6.45) is -1.07. The lowest BCUT2D eigenvalue weighted by molar-refractivity contribution is -0.117. The molecule has 1 saturated heterocycles. The zero-order valence-electron chi connectivity index (χ0n) is 21.0. The van der Waals surface area contributed by atoms with Gasteiger partial charge in [-0.1, -0.05) is 18.2 Å². The maximum Gasteiger partial charge on any atom is 0.262 e. The number of anilines is 1. The molecule has 1 aromatic heterocycles. The van der Waals surface area contributed by atoms with Gasteiger partial charge < -0.3 is 29.9 Å². The highest BCUT2D eigenvalue weighted by molar-refractivity contribution is 6.04. The number of rotatable bonds is 7. The molecule has 188 valence electrons. The van der Waals surface area contributed by atoms with E-state index < -0.39 is 18.6 Å². The number of piperazine rings is 1. The Labute approximate surface area is 211 Å². The number of hydrogen-bond donors (Lipinski definition) is 3. The second-order valence-corrected chi connectivity index (χ2v) is 9.36. The molecule has 1 aliphatic rings. The first-order chi connectivity index (χ1) is 17.3. The summed E-state index contributed by atoms with van der Waals surface area (Å²) in [5, 5.41) is 32.9. The van der Waals surface area contributed by atoms with Gasteiger partial charge in [-0.3, -0.25) is 4.79 Å². The van der Waals surface area contributed by atoms with Crippen LogP contribution in [0, 0.1) is 11.3 Å². The lowest BCUT2D eigenvalue weighted by Crippen LogP contribution is -2.44. The van der Waals surface area contributed by atoms with E-state index in [9.17, 15) is 15.2 Å². The highest BCUT2D eigenvalue weighted by atomic mass is 16.3. The van der Waals surface area contributed by atoms with Crippen LogP contribution in [0.2, 0.25) is 0 Å². The van der Waals surface area contributed by atoms with Crippen molar-refractivity contribution >= 4 is 27.9 Å². The Kier molecular flexibility index (Phi) is 7.75. The van der Waals surface area contributed by atoms with Crippen LogP contribution >= 0.6 is 0 Å². The van der Waals surface area contributed by atoms with E-state index in [1.54, 1.807) is 6.92 Å². The van der Waals surface area contributed by atoms with Crippen molar-refractivity contribution in [3.63, 3.8) is 0 Å². The van der Waals surface area contributed by atoms with Crippen molar-refractivity contribution in [3.05, 3.63) is 59.8 Å². The molecule has 0 spiro atoms. The maximum atomic E-state index is 12.5. The van der Waals surface area contributed by atoms with Gasteiger partial charge >= 0.3 is 0 Å². The molecule has 1 amide bonds. The van der Waals surface area contributed by atoms with E-state index in [0.29, 0.717) is 5.57 Å². The number of aliphatic hydroxyl groups excluding tert-OH is 2. The summed E-state index contributed by atoms with van der Waals surface area (Å²) < 4.78 is 1.97. The predicted octanol–water partition coefficient (Wildman–Crippen LogP) is 2.36. The molecule has 0 aliphatic carbocycles. The highest BCUT2D eigenvalue weighted by Crippen LogP contribution is 2.31. The number of aliphatic hydroxyl groups is 2. The first kappa shape index (κ1) is 25.5. The minimum absolute atomic E-state index is 0.0252. The van der Waals surface area contributed by atoms with Gasteiger partial charge in [-0.25, -0.2) is 0 Å². The van der Waals surface area contributed by atoms with Crippen LogP contribution in [0.25, 0.3) is 27.6 Å². The molecule has 1 aliphatic heterocycles. The molecule has 36 heavy (non-hydrogen) atoms. The summed E-state index contributed by atoms with van der Waals surface area (Å²) in [6.45, 7) is 5.35. The summed E-state index contributed by atoms with van der Waals surface area (Å²) in [5.74, 6) is -0.577. The molecule has 3 aromatic rings. The van der Waals surface area contributed by atoms with Crippen LogP contribution in [0.3, 0.4) is 0 Å².